The molecule has 1 atom stereocenters. The van der Waals surface area contributed by atoms with Crippen LogP contribution in [0.25, 0.3) is 5.69 Å². The highest BCUT2D eigenvalue weighted by Gasteiger charge is 2.32. The predicted octanol–water partition coefficient (Wildman–Crippen LogP) is 2.51. The molecular formula is C19H16F2N6O. The molecule has 0 unspecified atom stereocenters. The molecular weight excluding hydrogens is 366 g/mol. The molecule has 0 aromatic carbocycles. The lowest BCUT2D eigenvalue weighted by molar-refractivity contribution is 0.0996. The van der Waals surface area contributed by atoms with Gasteiger partial charge in [0.25, 0.3) is 5.91 Å². The zero-order valence-corrected chi connectivity index (χ0v) is 14.8. The number of aromatic nitrogens is 4. The Balaban J connectivity index is 1.37. The second kappa shape index (κ2) is 6.36. The molecule has 0 aliphatic carbocycles. The van der Waals surface area contributed by atoms with Gasteiger partial charge in [-0.05, 0) is 18.6 Å². The number of amides is 1. The van der Waals surface area contributed by atoms with Crippen LogP contribution in [0.4, 0.5) is 20.3 Å². The first kappa shape index (κ1) is 16.8. The van der Waals surface area contributed by atoms with Crippen molar-refractivity contribution in [2.45, 2.75) is 19.1 Å². The third-order valence-corrected chi connectivity index (χ3v) is 5.03. The third kappa shape index (κ3) is 2.79. The zero-order valence-electron chi connectivity index (χ0n) is 14.8. The number of hydrogen-bond donors (Lipinski definition) is 0. The van der Waals surface area contributed by atoms with Crippen LogP contribution in [0.5, 0.6) is 0 Å². The number of carbonyl (C=O) groups is 1. The van der Waals surface area contributed by atoms with E-state index in [2.05, 4.69) is 15.1 Å². The number of pyridine rings is 2. The Morgan fingerprint density at radius 2 is 2.04 bits per heavy atom. The molecule has 9 heteroatoms. The van der Waals surface area contributed by atoms with Crippen LogP contribution < -0.4 is 9.80 Å². The van der Waals surface area contributed by atoms with E-state index in [4.69, 9.17) is 0 Å². The number of nitrogens with zero attached hydrogens (tertiary/aromatic N) is 6. The van der Waals surface area contributed by atoms with Crippen LogP contribution in [0.1, 0.15) is 22.5 Å². The monoisotopic (exact) mass is 382 g/mol. The molecule has 1 amide bonds. The highest BCUT2D eigenvalue weighted by molar-refractivity contribution is 6.09. The molecule has 0 spiro atoms. The maximum atomic E-state index is 13.4. The Morgan fingerprint density at radius 3 is 2.71 bits per heavy atom. The summed E-state index contributed by atoms with van der Waals surface area (Å²) in [5, 5.41) is 4.48. The number of fused-ring (bicyclic) bond motifs is 1. The molecule has 0 bridgehead atoms. The van der Waals surface area contributed by atoms with E-state index in [1.54, 1.807) is 17.1 Å². The van der Waals surface area contributed by atoms with Gasteiger partial charge in [-0.3, -0.25) is 9.78 Å². The summed E-state index contributed by atoms with van der Waals surface area (Å²) >= 11 is 0. The van der Waals surface area contributed by atoms with Crippen molar-refractivity contribution in [1.82, 2.24) is 19.7 Å². The van der Waals surface area contributed by atoms with E-state index in [9.17, 15) is 13.6 Å². The highest BCUT2D eigenvalue weighted by Crippen LogP contribution is 2.28. The Bertz CT molecular complexity index is 1050. The van der Waals surface area contributed by atoms with Crippen molar-refractivity contribution < 1.29 is 13.6 Å². The summed E-state index contributed by atoms with van der Waals surface area (Å²) in [7, 11) is 0. The maximum Gasteiger partial charge on any atom is 0.262 e. The summed E-state index contributed by atoms with van der Waals surface area (Å²) < 4.78 is 28.4. The average Bonchev–Trinajstić information content (AvgIpc) is 3.38. The summed E-state index contributed by atoms with van der Waals surface area (Å²) in [5.41, 5.74) is 2.18. The van der Waals surface area contributed by atoms with Crippen molar-refractivity contribution in [3.63, 3.8) is 0 Å². The number of anilines is 2. The molecule has 0 radical (unpaired) electrons. The molecule has 5 heterocycles. The summed E-state index contributed by atoms with van der Waals surface area (Å²) in [6.45, 7) is 1.27. The van der Waals surface area contributed by atoms with Crippen molar-refractivity contribution >= 4 is 17.4 Å². The molecule has 0 N–H and O–H groups in total. The van der Waals surface area contributed by atoms with Crippen LogP contribution in [0.2, 0.25) is 0 Å². The van der Waals surface area contributed by atoms with Gasteiger partial charge in [0.15, 0.2) is 0 Å². The minimum absolute atomic E-state index is 0.246. The van der Waals surface area contributed by atoms with Crippen LogP contribution in [0.15, 0.2) is 43.0 Å². The van der Waals surface area contributed by atoms with Crippen LogP contribution >= 0.6 is 0 Å². The molecule has 28 heavy (non-hydrogen) atoms. The molecule has 7 nitrogen and oxygen atoms in total. The van der Waals surface area contributed by atoms with Gasteiger partial charge in [0, 0.05) is 18.8 Å². The molecule has 5 rings (SSSR count). The van der Waals surface area contributed by atoms with E-state index in [-0.39, 0.29) is 12.5 Å². The van der Waals surface area contributed by atoms with Gasteiger partial charge >= 0.3 is 0 Å². The summed E-state index contributed by atoms with van der Waals surface area (Å²) in [6.07, 6.45) is 5.56. The van der Waals surface area contributed by atoms with Crippen molar-refractivity contribution in [2.75, 3.05) is 22.9 Å². The fraction of sp³-hybridized carbons (Fsp3) is 0.263. The lowest BCUT2D eigenvalue weighted by Crippen LogP contribution is -2.24. The SMILES string of the molecule is O=C1c2cn(-c3ccc(N4CC[C@@H](F)C4)nc3)nc2CN1c1cncc(F)c1. The number of carbonyl (C=O) groups excluding carboxylic acids is 1. The van der Waals surface area contributed by atoms with Gasteiger partial charge in [-0.1, -0.05) is 0 Å². The molecule has 3 aromatic rings. The quantitative estimate of drug-likeness (QED) is 0.696. The fourth-order valence-electron chi connectivity index (χ4n) is 3.59. The molecule has 2 aliphatic rings. The van der Waals surface area contributed by atoms with Crippen LogP contribution in [0, 0.1) is 5.82 Å². The number of alkyl halides is 1. The lowest BCUT2D eigenvalue weighted by Gasteiger charge is -2.16. The van der Waals surface area contributed by atoms with Gasteiger partial charge in [-0.2, -0.15) is 5.10 Å². The van der Waals surface area contributed by atoms with E-state index in [1.165, 1.54) is 17.2 Å². The molecule has 1 fully saturated rings. The van der Waals surface area contributed by atoms with E-state index in [1.807, 2.05) is 17.0 Å². The molecule has 0 saturated carbocycles. The highest BCUT2D eigenvalue weighted by atomic mass is 19.1. The summed E-state index contributed by atoms with van der Waals surface area (Å²) in [6, 6.07) is 4.94. The van der Waals surface area contributed by atoms with E-state index >= 15 is 0 Å². The molecule has 142 valence electrons. The van der Waals surface area contributed by atoms with Gasteiger partial charge in [0.05, 0.1) is 54.3 Å². The van der Waals surface area contributed by atoms with E-state index in [0.29, 0.717) is 42.1 Å². The Kier molecular flexibility index (Phi) is 3.81. The fourth-order valence-corrected chi connectivity index (χ4v) is 3.59. The van der Waals surface area contributed by atoms with Crippen molar-refractivity contribution in [3.8, 4) is 5.69 Å². The van der Waals surface area contributed by atoms with Crippen LogP contribution in [-0.4, -0.2) is 44.9 Å². The smallest absolute Gasteiger partial charge is 0.262 e. The second-order valence-electron chi connectivity index (χ2n) is 6.89. The molecule has 1 saturated heterocycles. The van der Waals surface area contributed by atoms with E-state index < -0.39 is 12.0 Å². The second-order valence-corrected chi connectivity index (χ2v) is 6.89. The third-order valence-electron chi connectivity index (χ3n) is 5.03. The number of halogens is 2. The van der Waals surface area contributed by atoms with E-state index in [0.717, 1.165) is 12.0 Å². The predicted molar refractivity (Wildman–Crippen MR) is 97.8 cm³/mol. The Labute approximate surface area is 159 Å². The molecule has 3 aromatic heterocycles. The van der Waals surface area contributed by atoms with Gasteiger partial charge in [0.1, 0.15) is 17.8 Å². The minimum Gasteiger partial charge on any atom is -0.354 e. The minimum atomic E-state index is -0.808. The van der Waals surface area contributed by atoms with Crippen LogP contribution in [0.3, 0.4) is 0 Å². The van der Waals surface area contributed by atoms with Crippen molar-refractivity contribution in [3.05, 3.63) is 60.1 Å². The van der Waals surface area contributed by atoms with Gasteiger partial charge in [-0.15, -0.1) is 0 Å². The van der Waals surface area contributed by atoms with Crippen LogP contribution in [-0.2, 0) is 6.54 Å². The largest absolute Gasteiger partial charge is 0.354 e. The Morgan fingerprint density at radius 1 is 1.14 bits per heavy atom. The van der Waals surface area contributed by atoms with Crippen molar-refractivity contribution in [1.29, 1.82) is 0 Å². The molecule has 2 aliphatic heterocycles. The van der Waals surface area contributed by atoms with Gasteiger partial charge in [0.2, 0.25) is 0 Å². The summed E-state index contributed by atoms with van der Waals surface area (Å²) in [5.74, 6) is -0.0168. The average molecular weight is 382 g/mol. The summed E-state index contributed by atoms with van der Waals surface area (Å²) in [4.78, 5) is 24.2. The first-order valence-corrected chi connectivity index (χ1v) is 8.95. The Hall–Kier alpha value is -3.36. The lowest BCUT2D eigenvalue weighted by atomic mass is 10.3. The normalized spacial score (nSPS) is 18.8. The zero-order chi connectivity index (χ0) is 19.3. The van der Waals surface area contributed by atoms with Gasteiger partial charge in [-0.25, -0.2) is 18.4 Å². The maximum absolute atomic E-state index is 13.4. The first-order valence-electron chi connectivity index (χ1n) is 8.95. The topological polar surface area (TPSA) is 67.2 Å². The number of rotatable bonds is 3. The first-order chi connectivity index (χ1) is 13.6. The van der Waals surface area contributed by atoms with Crippen molar-refractivity contribution in [2.24, 2.45) is 0 Å². The standard InChI is InChI=1S/C19H16F2N6O/c20-12-3-4-25(9-12)18-2-1-14(8-23-18)27-10-16-17(24-27)11-26(19(16)28)15-5-13(21)6-22-7-15/h1-2,5-8,10,12H,3-4,9,11H2/t12-/m1/s1. The van der Waals surface area contributed by atoms with Gasteiger partial charge < -0.3 is 9.80 Å². The number of hydrogen-bond acceptors (Lipinski definition) is 5.